The quantitative estimate of drug-likeness (QED) is 0.680. The van der Waals surface area contributed by atoms with E-state index in [1.807, 2.05) is 0 Å². The molecule has 0 spiro atoms. The van der Waals surface area contributed by atoms with Crippen molar-refractivity contribution in [2.75, 3.05) is 23.1 Å². The van der Waals surface area contributed by atoms with Gasteiger partial charge >= 0.3 is 6.18 Å². The van der Waals surface area contributed by atoms with Gasteiger partial charge in [-0.25, -0.2) is 0 Å². The summed E-state index contributed by atoms with van der Waals surface area (Å²) >= 11 is 5.11. The molecule has 1 amide bonds. The van der Waals surface area contributed by atoms with Crippen LogP contribution in [0.2, 0.25) is 0 Å². The van der Waals surface area contributed by atoms with Crippen LogP contribution in [0.5, 0.6) is 5.75 Å². The number of ether oxygens (including phenoxy) is 1. The molecule has 2 rings (SSSR count). The number of nitrogens with one attached hydrogen (secondary N) is 3. The van der Waals surface area contributed by atoms with Gasteiger partial charge in [-0.15, -0.1) is 0 Å². The highest BCUT2D eigenvalue weighted by Crippen LogP contribution is 2.37. The molecule has 9 heteroatoms. The van der Waals surface area contributed by atoms with Gasteiger partial charge in [-0.2, -0.15) is 13.2 Å². The Labute approximate surface area is 153 Å². The van der Waals surface area contributed by atoms with E-state index in [1.54, 1.807) is 24.3 Å². The topological polar surface area (TPSA) is 62.4 Å². The molecule has 5 nitrogen and oxygen atoms in total. The number of anilines is 3. The van der Waals surface area contributed by atoms with Gasteiger partial charge in [0.1, 0.15) is 5.75 Å². The molecule has 138 valence electrons. The Balaban J connectivity index is 2.07. The van der Waals surface area contributed by atoms with Gasteiger partial charge in [0.2, 0.25) is 5.91 Å². The van der Waals surface area contributed by atoms with Crippen LogP contribution in [0.15, 0.2) is 42.5 Å². The van der Waals surface area contributed by atoms with E-state index in [2.05, 4.69) is 16.0 Å². The molecule has 0 atom stereocenters. The predicted molar refractivity (Wildman–Crippen MR) is 98.6 cm³/mol. The minimum Gasteiger partial charge on any atom is -0.496 e. The lowest BCUT2D eigenvalue weighted by atomic mass is 10.1. The minimum absolute atomic E-state index is 0.121. The van der Waals surface area contributed by atoms with Gasteiger partial charge in [0.15, 0.2) is 5.11 Å². The van der Waals surface area contributed by atoms with E-state index < -0.39 is 11.7 Å². The first kappa shape index (κ1) is 19.5. The number of carbonyl (C=O) groups excluding carboxylic acids is 1. The van der Waals surface area contributed by atoms with Gasteiger partial charge in [0.05, 0.1) is 12.7 Å². The standard InChI is InChI=1S/C17H16F3N3O2S/c1-10(24)21-11-3-5-12(6-4-11)22-16(26)23-13-7-8-15(25-2)14(9-13)17(18,19)20/h3-9H,1-2H3,(H,21,24)(H2,22,23,26). The van der Waals surface area contributed by atoms with Gasteiger partial charge in [0, 0.05) is 24.0 Å². The van der Waals surface area contributed by atoms with Crippen molar-refractivity contribution in [3.63, 3.8) is 0 Å². The first-order valence-electron chi connectivity index (χ1n) is 7.40. The summed E-state index contributed by atoms with van der Waals surface area (Å²) in [5.41, 5.74) is 0.506. The summed E-state index contributed by atoms with van der Waals surface area (Å²) in [7, 11) is 1.18. The fourth-order valence-electron chi connectivity index (χ4n) is 2.14. The first-order chi connectivity index (χ1) is 12.2. The Morgan fingerprint density at radius 2 is 1.46 bits per heavy atom. The van der Waals surface area contributed by atoms with Crippen molar-refractivity contribution in [3.8, 4) is 5.75 Å². The Bertz CT molecular complexity index is 808. The molecule has 0 saturated heterocycles. The molecule has 0 aliphatic carbocycles. The lowest BCUT2D eigenvalue weighted by Crippen LogP contribution is -2.19. The fourth-order valence-corrected chi connectivity index (χ4v) is 2.38. The first-order valence-corrected chi connectivity index (χ1v) is 7.81. The number of alkyl halides is 3. The highest BCUT2D eigenvalue weighted by atomic mass is 32.1. The second-order valence-corrected chi connectivity index (χ2v) is 5.66. The van der Waals surface area contributed by atoms with E-state index in [9.17, 15) is 18.0 Å². The minimum atomic E-state index is -4.54. The second-order valence-electron chi connectivity index (χ2n) is 5.25. The van der Waals surface area contributed by atoms with E-state index in [-0.39, 0.29) is 22.5 Å². The number of benzene rings is 2. The molecule has 0 unspecified atom stereocenters. The molecule has 2 aromatic carbocycles. The number of thiocarbonyl (C=S) groups is 1. The van der Waals surface area contributed by atoms with Crippen LogP contribution in [0.1, 0.15) is 12.5 Å². The maximum absolute atomic E-state index is 13.0. The summed E-state index contributed by atoms with van der Waals surface area (Å²) < 4.78 is 43.9. The average molecular weight is 383 g/mol. The maximum Gasteiger partial charge on any atom is 0.420 e. The van der Waals surface area contributed by atoms with Crippen molar-refractivity contribution < 1.29 is 22.7 Å². The van der Waals surface area contributed by atoms with E-state index >= 15 is 0 Å². The lowest BCUT2D eigenvalue weighted by molar-refractivity contribution is -0.138. The summed E-state index contributed by atoms with van der Waals surface area (Å²) in [5, 5.41) is 8.29. The van der Waals surface area contributed by atoms with Gasteiger partial charge in [0.25, 0.3) is 0 Å². The Morgan fingerprint density at radius 1 is 0.962 bits per heavy atom. The number of rotatable bonds is 4. The normalized spacial score (nSPS) is 10.8. The van der Waals surface area contributed by atoms with Crippen LogP contribution in [-0.4, -0.2) is 18.1 Å². The van der Waals surface area contributed by atoms with Crippen molar-refractivity contribution in [2.45, 2.75) is 13.1 Å². The third kappa shape index (κ3) is 5.35. The van der Waals surface area contributed by atoms with Crippen LogP contribution in [0.25, 0.3) is 0 Å². The fraction of sp³-hybridized carbons (Fsp3) is 0.176. The van der Waals surface area contributed by atoms with Gasteiger partial charge < -0.3 is 20.7 Å². The third-order valence-corrected chi connectivity index (χ3v) is 3.43. The van der Waals surface area contributed by atoms with Crippen LogP contribution >= 0.6 is 12.2 Å². The molecule has 0 aliphatic rings. The van der Waals surface area contributed by atoms with E-state index in [1.165, 1.54) is 26.2 Å². The predicted octanol–water partition coefficient (Wildman–Crippen LogP) is 4.48. The van der Waals surface area contributed by atoms with E-state index in [0.717, 1.165) is 6.07 Å². The summed E-state index contributed by atoms with van der Waals surface area (Å²) in [4.78, 5) is 11.0. The Morgan fingerprint density at radius 3 is 1.96 bits per heavy atom. The summed E-state index contributed by atoms with van der Waals surface area (Å²) in [6.07, 6.45) is -4.54. The van der Waals surface area contributed by atoms with Gasteiger partial charge in [-0.05, 0) is 54.7 Å². The molecule has 0 aliphatic heterocycles. The SMILES string of the molecule is COc1ccc(NC(=S)Nc2ccc(NC(C)=O)cc2)cc1C(F)(F)F. The molecule has 0 radical (unpaired) electrons. The van der Waals surface area contributed by atoms with Crippen molar-refractivity contribution in [1.82, 2.24) is 0 Å². The molecule has 0 heterocycles. The molecule has 26 heavy (non-hydrogen) atoms. The van der Waals surface area contributed by atoms with Crippen LogP contribution in [0, 0.1) is 0 Å². The van der Waals surface area contributed by atoms with Crippen LogP contribution in [0.3, 0.4) is 0 Å². The third-order valence-electron chi connectivity index (χ3n) is 3.23. The number of methoxy groups -OCH3 is 1. The van der Waals surface area contributed by atoms with E-state index in [4.69, 9.17) is 17.0 Å². The highest BCUT2D eigenvalue weighted by molar-refractivity contribution is 7.80. The van der Waals surface area contributed by atoms with Crippen molar-refractivity contribution in [3.05, 3.63) is 48.0 Å². The highest BCUT2D eigenvalue weighted by Gasteiger charge is 2.34. The number of hydrogen-bond acceptors (Lipinski definition) is 3. The molecule has 0 aromatic heterocycles. The summed E-state index contributed by atoms with van der Waals surface area (Å²) in [5.74, 6) is -0.460. The van der Waals surface area contributed by atoms with Gasteiger partial charge in [-0.3, -0.25) is 4.79 Å². The monoisotopic (exact) mass is 383 g/mol. The van der Waals surface area contributed by atoms with Crippen LogP contribution in [-0.2, 0) is 11.0 Å². The summed E-state index contributed by atoms with van der Waals surface area (Å²) in [6.45, 7) is 1.40. The van der Waals surface area contributed by atoms with Crippen molar-refractivity contribution in [1.29, 1.82) is 0 Å². The molecule has 0 bridgehead atoms. The largest absolute Gasteiger partial charge is 0.496 e. The van der Waals surface area contributed by atoms with Gasteiger partial charge in [-0.1, -0.05) is 0 Å². The van der Waals surface area contributed by atoms with Crippen LogP contribution in [0.4, 0.5) is 30.2 Å². The lowest BCUT2D eigenvalue weighted by Gasteiger charge is -2.15. The smallest absolute Gasteiger partial charge is 0.420 e. The zero-order valence-corrected chi connectivity index (χ0v) is 14.7. The molecular weight excluding hydrogens is 367 g/mol. The Kier molecular flexibility index (Phi) is 6.04. The second kappa shape index (κ2) is 8.05. The van der Waals surface area contributed by atoms with Crippen LogP contribution < -0.4 is 20.7 Å². The maximum atomic E-state index is 13.0. The molecule has 2 aromatic rings. The molecule has 0 saturated carbocycles. The molecular formula is C17H16F3N3O2S. The number of halogens is 3. The molecule has 0 fully saturated rings. The van der Waals surface area contributed by atoms with Crippen molar-refractivity contribution in [2.24, 2.45) is 0 Å². The number of amides is 1. The van der Waals surface area contributed by atoms with E-state index in [0.29, 0.717) is 11.4 Å². The van der Waals surface area contributed by atoms with Crippen molar-refractivity contribution >= 4 is 40.3 Å². The average Bonchev–Trinajstić information content (AvgIpc) is 2.55. The molecule has 3 N–H and O–H groups in total. The zero-order chi connectivity index (χ0) is 19.3. The zero-order valence-electron chi connectivity index (χ0n) is 13.9. The number of carbonyl (C=O) groups is 1. The summed E-state index contributed by atoms with van der Waals surface area (Å²) in [6, 6.07) is 10.3. The Hall–Kier alpha value is -2.81. The number of hydrogen-bond donors (Lipinski definition) is 3.